The standard InChI is InChI=1S/C17H16N2O/c1-12-11-16(20)18-19-17(12)15-9-7-14(8-10-15)13-5-3-2-4-6-13/h2-10,12H,11H2,1H3,(H,18,20). The van der Waals surface area contributed by atoms with E-state index in [1.165, 1.54) is 11.1 Å². The van der Waals surface area contributed by atoms with Crippen molar-refractivity contribution in [3.8, 4) is 11.1 Å². The summed E-state index contributed by atoms with van der Waals surface area (Å²) in [6, 6.07) is 18.6. The highest BCUT2D eigenvalue weighted by Gasteiger charge is 2.21. The van der Waals surface area contributed by atoms with Gasteiger partial charge in [0.05, 0.1) is 5.71 Å². The van der Waals surface area contributed by atoms with Crippen LogP contribution >= 0.6 is 0 Å². The van der Waals surface area contributed by atoms with Crippen molar-refractivity contribution in [2.24, 2.45) is 11.0 Å². The van der Waals surface area contributed by atoms with Crippen LogP contribution in [0.3, 0.4) is 0 Å². The number of rotatable bonds is 2. The van der Waals surface area contributed by atoms with E-state index in [-0.39, 0.29) is 11.8 Å². The summed E-state index contributed by atoms with van der Waals surface area (Å²) in [7, 11) is 0. The predicted molar refractivity (Wildman–Crippen MR) is 80.3 cm³/mol. The number of hydrogen-bond acceptors (Lipinski definition) is 2. The summed E-state index contributed by atoms with van der Waals surface area (Å²) in [6.45, 7) is 2.03. The number of nitrogens with one attached hydrogen (secondary N) is 1. The first-order valence-electron chi connectivity index (χ1n) is 6.76. The highest BCUT2D eigenvalue weighted by molar-refractivity contribution is 6.05. The van der Waals surface area contributed by atoms with Crippen molar-refractivity contribution in [3.05, 3.63) is 60.2 Å². The minimum absolute atomic E-state index is 0.0119. The van der Waals surface area contributed by atoms with Crippen LogP contribution in [-0.2, 0) is 4.79 Å². The van der Waals surface area contributed by atoms with Crippen molar-refractivity contribution in [2.45, 2.75) is 13.3 Å². The molecule has 2 aromatic rings. The molecule has 1 amide bonds. The van der Waals surface area contributed by atoms with Gasteiger partial charge in [0.1, 0.15) is 0 Å². The van der Waals surface area contributed by atoms with Gasteiger partial charge in [-0.3, -0.25) is 4.79 Å². The predicted octanol–water partition coefficient (Wildman–Crippen LogP) is 3.21. The van der Waals surface area contributed by atoms with E-state index < -0.39 is 0 Å². The second-order valence-electron chi connectivity index (χ2n) is 5.08. The summed E-state index contributed by atoms with van der Waals surface area (Å²) in [4.78, 5) is 11.3. The molecule has 100 valence electrons. The molecule has 2 aromatic carbocycles. The Morgan fingerprint density at radius 3 is 2.20 bits per heavy atom. The number of carbonyl (C=O) groups excluding carboxylic acids is 1. The first-order chi connectivity index (χ1) is 9.74. The van der Waals surface area contributed by atoms with Crippen molar-refractivity contribution in [1.82, 2.24) is 5.43 Å². The zero-order chi connectivity index (χ0) is 13.9. The molecule has 1 heterocycles. The molecule has 3 heteroatoms. The van der Waals surface area contributed by atoms with Crippen LogP contribution in [0.1, 0.15) is 18.9 Å². The van der Waals surface area contributed by atoms with Crippen molar-refractivity contribution in [3.63, 3.8) is 0 Å². The van der Waals surface area contributed by atoms with Gasteiger partial charge in [0.25, 0.3) is 0 Å². The van der Waals surface area contributed by atoms with Crippen molar-refractivity contribution in [2.75, 3.05) is 0 Å². The molecule has 3 nitrogen and oxygen atoms in total. The molecule has 1 atom stereocenters. The third-order valence-corrected chi connectivity index (χ3v) is 3.55. The van der Waals surface area contributed by atoms with Gasteiger partial charge in [0.2, 0.25) is 5.91 Å². The highest BCUT2D eigenvalue weighted by Crippen LogP contribution is 2.22. The second-order valence-corrected chi connectivity index (χ2v) is 5.08. The number of carbonyl (C=O) groups is 1. The van der Waals surface area contributed by atoms with E-state index in [0.717, 1.165) is 11.3 Å². The van der Waals surface area contributed by atoms with Crippen molar-refractivity contribution in [1.29, 1.82) is 0 Å². The van der Waals surface area contributed by atoms with Crippen molar-refractivity contribution < 1.29 is 4.79 Å². The molecule has 0 aromatic heterocycles. The zero-order valence-corrected chi connectivity index (χ0v) is 11.3. The van der Waals surface area contributed by atoms with Gasteiger partial charge < -0.3 is 0 Å². The lowest BCUT2D eigenvalue weighted by atomic mass is 9.93. The molecule has 3 rings (SSSR count). The average molecular weight is 264 g/mol. The van der Waals surface area contributed by atoms with Crippen LogP contribution in [0.5, 0.6) is 0 Å². The Bertz CT molecular complexity index is 644. The Morgan fingerprint density at radius 1 is 0.950 bits per heavy atom. The van der Waals surface area contributed by atoms with Gasteiger partial charge in [0, 0.05) is 12.3 Å². The lowest BCUT2D eigenvalue weighted by Gasteiger charge is -2.19. The van der Waals surface area contributed by atoms with E-state index in [1.54, 1.807) is 0 Å². The molecule has 0 radical (unpaired) electrons. The molecular weight excluding hydrogens is 248 g/mol. The number of amides is 1. The highest BCUT2D eigenvalue weighted by atomic mass is 16.2. The van der Waals surface area contributed by atoms with Crippen LogP contribution in [0.2, 0.25) is 0 Å². The van der Waals surface area contributed by atoms with E-state index in [4.69, 9.17) is 0 Å². The molecule has 0 aliphatic carbocycles. The Hall–Kier alpha value is -2.42. The third kappa shape index (κ3) is 2.48. The van der Waals surface area contributed by atoms with Crippen LogP contribution in [0, 0.1) is 5.92 Å². The van der Waals surface area contributed by atoms with Gasteiger partial charge in [-0.1, -0.05) is 61.5 Å². The molecule has 0 bridgehead atoms. The fourth-order valence-corrected chi connectivity index (χ4v) is 2.47. The van der Waals surface area contributed by atoms with Gasteiger partial charge >= 0.3 is 0 Å². The molecule has 1 unspecified atom stereocenters. The van der Waals surface area contributed by atoms with Crippen LogP contribution in [0.25, 0.3) is 11.1 Å². The summed E-state index contributed by atoms with van der Waals surface area (Å²) in [5, 5.41) is 4.18. The van der Waals surface area contributed by atoms with Crippen LogP contribution in [0.15, 0.2) is 59.7 Å². The third-order valence-electron chi connectivity index (χ3n) is 3.55. The summed E-state index contributed by atoms with van der Waals surface area (Å²) in [5.41, 5.74) is 6.95. The summed E-state index contributed by atoms with van der Waals surface area (Å²) >= 11 is 0. The average Bonchev–Trinajstić information content (AvgIpc) is 2.48. The van der Waals surface area contributed by atoms with Gasteiger partial charge in [-0.15, -0.1) is 0 Å². The molecule has 0 spiro atoms. The molecule has 1 aliphatic rings. The maximum Gasteiger partial charge on any atom is 0.240 e. The smallest absolute Gasteiger partial charge is 0.240 e. The maximum atomic E-state index is 11.3. The Balaban J connectivity index is 1.89. The SMILES string of the molecule is CC1CC(=O)NN=C1c1ccc(-c2ccccc2)cc1. The molecule has 1 N–H and O–H groups in total. The van der Waals surface area contributed by atoms with Crippen molar-refractivity contribution >= 4 is 11.6 Å². The van der Waals surface area contributed by atoms with Crippen LogP contribution < -0.4 is 5.43 Å². The lowest BCUT2D eigenvalue weighted by molar-refractivity contribution is -0.121. The van der Waals surface area contributed by atoms with E-state index in [9.17, 15) is 4.79 Å². The van der Waals surface area contributed by atoms with E-state index in [1.807, 2.05) is 25.1 Å². The van der Waals surface area contributed by atoms with Gasteiger partial charge in [0.15, 0.2) is 0 Å². The minimum Gasteiger partial charge on any atom is -0.273 e. The molecule has 0 saturated carbocycles. The zero-order valence-electron chi connectivity index (χ0n) is 11.3. The molecule has 0 saturated heterocycles. The van der Waals surface area contributed by atoms with Crippen LogP contribution in [-0.4, -0.2) is 11.6 Å². The van der Waals surface area contributed by atoms with Gasteiger partial charge in [-0.05, 0) is 16.7 Å². The topological polar surface area (TPSA) is 41.5 Å². The van der Waals surface area contributed by atoms with Crippen LogP contribution in [0.4, 0.5) is 0 Å². The molecule has 20 heavy (non-hydrogen) atoms. The normalized spacial score (nSPS) is 18.4. The minimum atomic E-state index is -0.0119. The molecule has 1 aliphatic heterocycles. The maximum absolute atomic E-state index is 11.3. The quantitative estimate of drug-likeness (QED) is 0.889. The fourth-order valence-electron chi connectivity index (χ4n) is 2.47. The monoisotopic (exact) mass is 264 g/mol. The second kappa shape index (κ2) is 5.29. The lowest BCUT2D eigenvalue weighted by Crippen LogP contribution is -2.31. The first kappa shape index (κ1) is 12.6. The number of nitrogens with zero attached hydrogens (tertiary/aromatic N) is 1. The molecular formula is C17H16N2O. The summed E-state index contributed by atoms with van der Waals surface area (Å²) in [6.07, 6.45) is 0.499. The van der Waals surface area contributed by atoms with Gasteiger partial charge in [-0.25, -0.2) is 5.43 Å². The Kier molecular flexibility index (Phi) is 3.33. The van der Waals surface area contributed by atoms with E-state index in [0.29, 0.717) is 6.42 Å². The van der Waals surface area contributed by atoms with E-state index >= 15 is 0 Å². The fraction of sp³-hybridized carbons (Fsp3) is 0.176. The number of benzene rings is 2. The largest absolute Gasteiger partial charge is 0.273 e. The number of hydrogen-bond donors (Lipinski definition) is 1. The summed E-state index contributed by atoms with van der Waals surface area (Å²) < 4.78 is 0. The van der Waals surface area contributed by atoms with Gasteiger partial charge in [-0.2, -0.15) is 5.10 Å². The first-order valence-corrected chi connectivity index (χ1v) is 6.76. The Morgan fingerprint density at radius 2 is 1.55 bits per heavy atom. The summed E-state index contributed by atoms with van der Waals surface area (Å²) in [5.74, 6) is 0.147. The number of hydrazone groups is 1. The Labute approximate surface area is 118 Å². The molecule has 0 fully saturated rings. The van der Waals surface area contributed by atoms with E-state index in [2.05, 4.69) is 46.9 Å².